The molecular weight excluding hydrogens is 264 g/mol. The first kappa shape index (κ1) is 16.3. The lowest BCUT2D eigenvalue weighted by atomic mass is 10.1. The predicted octanol–water partition coefficient (Wildman–Crippen LogP) is 1.95. The maximum atomic E-state index is 5.78. The molecule has 2 rings (SSSR count). The van der Waals surface area contributed by atoms with Crippen LogP contribution >= 0.6 is 0 Å². The summed E-state index contributed by atoms with van der Waals surface area (Å²) in [6.45, 7) is 11.9. The van der Waals surface area contributed by atoms with Gasteiger partial charge in [-0.2, -0.15) is 0 Å². The number of hydrogen-bond donors (Lipinski definition) is 0. The fourth-order valence-electron chi connectivity index (χ4n) is 2.46. The molecule has 0 saturated carbocycles. The van der Waals surface area contributed by atoms with Crippen molar-refractivity contribution in [1.29, 1.82) is 0 Å². The van der Waals surface area contributed by atoms with Crippen LogP contribution < -0.4 is 4.74 Å². The van der Waals surface area contributed by atoms with Crippen molar-refractivity contribution < 1.29 is 9.47 Å². The van der Waals surface area contributed by atoms with Crippen molar-refractivity contribution in [2.24, 2.45) is 0 Å². The molecule has 1 aliphatic heterocycles. The lowest BCUT2D eigenvalue weighted by molar-refractivity contribution is 0.0656. The van der Waals surface area contributed by atoms with Crippen molar-refractivity contribution >= 4 is 0 Å². The van der Waals surface area contributed by atoms with E-state index >= 15 is 0 Å². The first-order chi connectivity index (χ1) is 10.2. The zero-order chi connectivity index (χ0) is 15.1. The molecule has 0 aliphatic carbocycles. The van der Waals surface area contributed by atoms with E-state index < -0.39 is 0 Å². The van der Waals surface area contributed by atoms with Gasteiger partial charge in [0.15, 0.2) is 0 Å². The van der Waals surface area contributed by atoms with Crippen LogP contribution in [0.5, 0.6) is 5.75 Å². The normalized spacial score (nSPS) is 17.1. The van der Waals surface area contributed by atoms with Crippen molar-refractivity contribution in [2.45, 2.75) is 13.8 Å². The number of rotatable bonds is 7. The summed E-state index contributed by atoms with van der Waals surface area (Å²) in [5, 5.41) is 0. The van der Waals surface area contributed by atoms with E-state index in [2.05, 4.69) is 36.8 Å². The molecule has 0 atom stereocenters. The lowest BCUT2D eigenvalue weighted by Crippen LogP contribution is -2.45. The molecule has 1 saturated heterocycles. The predicted molar refractivity (Wildman–Crippen MR) is 86.2 cm³/mol. The van der Waals surface area contributed by atoms with Gasteiger partial charge in [0.05, 0.1) is 13.2 Å². The molecule has 1 aliphatic rings. The fraction of sp³-hybridized carbons (Fsp3) is 0.647. The smallest absolute Gasteiger partial charge is 0.122 e. The van der Waals surface area contributed by atoms with Crippen LogP contribution in [0.2, 0.25) is 0 Å². The molecule has 1 heterocycles. The number of likely N-dealkylation sites (N-methyl/N-ethyl adjacent to an activating group) is 1. The van der Waals surface area contributed by atoms with Crippen molar-refractivity contribution in [1.82, 2.24) is 9.80 Å². The number of ether oxygens (including phenoxy) is 2. The van der Waals surface area contributed by atoms with Gasteiger partial charge < -0.3 is 14.4 Å². The summed E-state index contributed by atoms with van der Waals surface area (Å²) in [6.07, 6.45) is 0. The molecular formula is C17H28N2O2. The summed E-state index contributed by atoms with van der Waals surface area (Å²) in [4.78, 5) is 4.83. The number of piperazine rings is 1. The number of nitrogens with zero attached hydrogens (tertiary/aromatic N) is 2. The number of hydrogen-bond acceptors (Lipinski definition) is 4. The van der Waals surface area contributed by atoms with Gasteiger partial charge in [-0.05, 0) is 38.1 Å². The van der Waals surface area contributed by atoms with Gasteiger partial charge in [-0.25, -0.2) is 0 Å². The van der Waals surface area contributed by atoms with Crippen molar-refractivity contribution in [2.75, 3.05) is 59.6 Å². The van der Waals surface area contributed by atoms with Crippen LogP contribution in [0.4, 0.5) is 0 Å². The second kappa shape index (κ2) is 8.37. The Hall–Kier alpha value is -1.10. The van der Waals surface area contributed by atoms with Gasteiger partial charge in [0.25, 0.3) is 0 Å². The van der Waals surface area contributed by atoms with Crippen LogP contribution in [-0.4, -0.2) is 69.4 Å². The molecule has 1 fully saturated rings. The molecule has 4 nitrogen and oxygen atoms in total. The summed E-state index contributed by atoms with van der Waals surface area (Å²) >= 11 is 0. The molecule has 1 aromatic rings. The molecule has 0 aromatic heterocycles. The van der Waals surface area contributed by atoms with Crippen LogP contribution in [0.1, 0.15) is 11.1 Å². The average Bonchev–Trinajstić information content (AvgIpc) is 2.49. The largest absolute Gasteiger partial charge is 0.491 e. The fourth-order valence-corrected chi connectivity index (χ4v) is 2.46. The Kier molecular flexibility index (Phi) is 6.49. The molecule has 1 aromatic carbocycles. The topological polar surface area (TPSA) is 24.9 Å². The van der Waals surface area contributed by atoms with E-state index in [4.69, 9.17) is 9.47 Å². The highest BCUT2D eigenvalue weighted by molar-refractivity contribution is 5.38. The minimum atomic E-state index is 0.618. The molecule has 0 bridgehead atoms. The van der Waals surface area contributed by atoms with Gasteiger partial charge in [-0.1, -0.05) is 12.1 Å². The Morgan fingerprint density at radius 3 is 2.52 bits per heavy atom. The molecule has 4 heteroatoms. The van der Waals surface area contributed by atoms with Gasteiger partial charge >= 0.3 is 0 Å². The Balaban J connectivity index is 1.55. The van der Waals surface area contributed by atoms with Gasteiger partial charge in [-0.3, -0.25) is 4.90 Å². The van der Waals surface area contributed by atoms with E-state index in [0.717, 1.165) is 45.1 Å². The van der Waals surface area contributed by atoms with Crippen LogP contribution in [0.3, 0.4) is 0 Å². The van der Waals surface area contributed by atoms with Crippen molar-refractivity contribution in [3.8, 4) is 5.75 Å². The zero-order valence-electron chi connectivity index (χ0n) is 13.6. The van der Waals surface area contributed by atoms with Crippen LogP contribution in [0.15, 0.2) is 18.2 Å². The standard InChI is InChI=1S/C17H28N2O2/c1-15-5-4-6-17(16(15)2)21-14-13-20-12-11-19-9-7-18(3)8-10-19/h4-6H,7-14H2,1-3H3. The SMILES string of the molecule is Cc1cccc(OCCOCCN2CCN(C)CC2)c1C. The minimum Gasteiger partial charge on any atom is -0.491 e. The Bertz CT molecular complexity index is 429. The van der Waals surface area contributed by atoms with Crippen molar-refractivity contribution in [3.63, 3.8) is 0 Å². The maximum absolute atomic E-state index is 5.78. The van der Waals surface area contributed by atoms with E-state index in [1.807, 2.05) is 12.1 Å². The highest BCUT2D eigenvalue weighted by atomic mass is 16.5. The summed E-state index contributed by atoms with van der Waals surface area (Å²) in [5.74, 6) is 0.970. The summed E-state index contributed by atoms with van der Waals surface area (Å²) < 4.78 is 11.5. The van der Waals surface area contributed by atoms with Gasteiger partial charge in [-0.15, -0.1) is 0 Å². The van der Waals surface area contributed by atoms with E-state index in [-0.39, 0.29) is 0 Å². The first-order valence-corrected chi connectivity index (χ1v) is 7.84. The molecule has 0 unspecified atom stereocenters. The molecule has 0 amide bonds. The van der Waals surface area contributed by atoms with Gasteiger partial charge in [0.2, 0.25) is 0 Å². The van der Waals surface area contributed by atoms with Crippen LogP contribution in [0, 0.1) is 13.8 Å². The Morgan fingerprint density at radius 1 is 1.00 bits per heavy atom. The van der Waals surface area contributed by atoms with Crippen LogP contribution in [0.25, 0.3) is 0 Å². The first-order valence-electron chi connectivity index (χ1n) is 7.84. The molecule has 0 spiro atoms. The van der Waals surface area contributed by atoms with E-state index in [1.54, 1.807) is 0 Å². The highest BCUT2D eigenvalue weighted by Crippen LogP contribution is 2.20. The van der Waals surface area contributed by atoms with E-state index in [1.165, 1.54) is 11.1 Å². The molecule has 0 N–H and O–H groups in total. The Morgan fingerprint density at radius 2 is 1.76 bits per heavy atom. The summed E-state index contributed by atoms with van der Waals surface area (Å²) in [6, 6.07) is 6.16. The average molecular weight is 292 g/mol. The monoisotopic (exact) mass is 292 g/mol. The quantitative estimate of drug-likeness (QED) is 0.717. The van der Waals surface area contributed by atoms with Crippen molar-refractivity contribution in [3.05, 3.63) is 29.3 Å². The second-order valence-electron chi connectivity index (χ2n) is 5.80. The summed E-state index contributed by atoms with van der Waals surface area (Å²) in [7, 11) is 2.18. The van der Waals surface area contributed by atoms with E-state index in [9.17, 15) is 0 Å². The number of benzene rings is 1. The van der Waals surface area contributed by atoms with Crippen LogP contribution in [-0.2, 0) is 4.74 Å². The molecule has 0 radical (unpaired) electrons. The third-order valence-corrected chi connectivity index (χ3v) is 4.19. The number of aryl methyl sites for hydroxylation is 1. The van der Waals surface area contributed by atoms with Gasteiger partial charge in [0.1, 0.15) is 12.4 Å². The van der Waals surface area contributed by atoms with Gasteiger partial charge in [0, 0.05) is 32.7 Å². The van der Waals surface area contributed by atoms with E-state index in [0.29, 0.717) is 13.2 Å². The Labute approximate surface area is 128 Å². The third kappa shape index (κ3) is 5.30. The second-order valence-corrected chi connectivity index (χ2v) is 5.80. The zero-order valence-corrected chi connectivity index (χ0v) is 13.6. The maximum Gasteiger partial charge on any atom is 0.122 e. The lowest BCUT2D eigenvalue weighted by Gasteiger charge is -2.32. The third-order valence-electron chi connectivity index (χ3n) is 4.19. The molecule has 118 valence electrons. The highest BCUT2D eigenvalue weighted by Gasteiger charge is 2.12. The minimum absolute atomic E-state index is 0.618. The molecule has 21 heavy (non-hydrogen) atoms. The summed E-state index contributed by atoms with van der Waals surface area (Å²) in [5.41, 5.74) is 2.48.